The number of hydrogen-bond acceptors (Lipinski definition) is 6. The molecular weight excluding hydrogens is 374 g/mol. The highest BCUT2D eigenvalue weighted by Crippen LogP contribution is 2.28. The van der Waals surface area contributed by atoms with Crippen LogP contribution in [-0.2, 0) is 11.3 Å². The van der Waals surface area contributed by atoms with Crippen molar-refractivity contribution in [3.8, 4) is 0 Å². The van der Waals surface area contributed by atoms with Crippen molar-refractivity contribution in [3.63, 3.8) is 0 Å². The van der Waals surface area contributed by atoms with E-state index in [1.54, 1.807) is 12.4 Å². The molecule has 2 aromatic rings. The second kappa shape index (κ2) is 8.81. The van der Waals surface area contributed by atoms with Crippen molar-refractivity contribution in [3.05, 3.63) is 83.8 Å². The van der Waals surface area contributed by atoms with Crippen LogP contribution in [0.3, 0.4) is 0 Å². The van der Waals surface area contributed by atoms with Gasteiger partial charge in [-0.2, -0.15) is 0 Å². The van der Waals surface area contributed by atoms with E-state index in [-0.39, 0.29) is 6.10 Å². The molecule has 0 bridgehead atoms. The smallest absolute Gasteiger partial charge is 0.206 e. The summed E-state index contributed by atoms with van der Waals surface area (Å²) in [5, 5.41) is 0. The number of ether oxygens (including phenoxy) is 1. The Morgan fingerprint density at radius 2 is 2.00 bits per heavy atom. The van der Waals surface area contributed by atoms with Gasteiger partial charge in [0.2, 0.25) is 5.96 Å². The Bertz CT molecular complexity index is 967. The van der Waals surface area contributed by atoms with Gasteiger partial charge in [-0.15, -0.1) is 0 Å². The van der Waals surface area contributed by atoms with E-state index >= 15 is 0 Å². The summed E-state index contributed by atoms with van der Waals surface area (Å²) >= 11 is 0. The van der Waals surface area contributed by atoms with E-state index < -0.39 is 0 Å². The van der Waals surface area contributed by atoms with Gasteiger partial charge in [-0.25, -0.2) is 4.99 Å². The van der Waals surface area contributed by atoms with Gasteiger partial charge in [0, 0.05) is 43.8 Å². The Balaban J connectivity index is 1.57. The number of morpholine rings is 1. The number of guanidine groups is 1. The number of rotatable bonds is 4. The summed E-state index contributed by atoms with van der Waals surface area (Å²) in [6, 6.07) is 12.6. The van der Waals surface area contributed by atoms with Gasteiger partial charge in [0.25, 0.3) is 0 Å². The second-order valence-corrected chi connectivity index (χ2v) is 8.02. The largest absolute Gasteiger partial charge is 0.370 e. The van der Waals surface area contributed by atoms with Crippen molar-refractivity contribution in [2.24, 2.45) is 4.99 Å². The molecule has 2 aliphatic heterocycles. The maximum atomic E-state index is 6.14. The maximum Gasteiger partial charge on any atom is 0.206 e. The molecule has 0 radical (unpaired) electrons. The van der Waals surface area contributed by atoms with Gasteiger partial charge >= 0.3 is 0 Å². The zero-order valence-corrected chi connectivity index (χ0v) is 18.0. The van der Waals surface area contributed by atoms with Crippen LogP contribution in [0.1, 0.15) is 22.8 Å². The predicted octanol–water partition coefficient (Wildman–Crippen LogP) is 3.37. The Hall–Kier alpha value is -2.96. The number of aromatic nitrogens is 1. The lowest BCUT2D eigenvalue weighted by Gasteiger charge is -2.39. The lowest BCUT2D eigenvalue weighted by Crippen LogP contribution is -2.49. The topological polar surface area (TPSA) is 44.2 Å². The van der Waals surface area contributed by atoms with Gasteiger partial charge in [-0.3, -0.25) is 4.98 Å². The lowest BCUT2D eigenvalue weighted by molar-refractivity contribution is -0.00967. The molecule has 0 saturated carbocycles. The molecule has 6 nitrogen and oxygen atoms in total. The molecule has 0 aliphatic carbocycles. The van der Waals surface area contributed by atoms with Crippen molar-refractivity contribution in [2.75, 3.05) is 40.8 Å². The molecule has 0 N–H and O–H groups in total. The van der Waals surface area contributed by atoms with Crippen molar-refractivity contribution < 1.29 is 4.74 Å². The number of allylic oxidation sites excluding steroid dienone is 1. The van der Waals surface area contributed by atoms with Crippen LogP contribution in [0.25, 0.3) is 5.70 Å². The quantitative estimate of drug-likeness (QED) is 0.783. The van der Waals surface area contributed by atoms with E-state index in [4.69, 9.17) is 9.73 Å². The first kappa shape index (κ1) is 20.3. The fraction of sp³-hybridized carbons (Fsp3) is 0.333. The number of pyridine rings is 1. The zero-order chi connectivity index (χ0) is 21.1. The lowest BCUT2D eigenvalue weighted by atomic mass is 10.0. The minimum Gasteiger partial charge on any atom is -0.370 e. The van der Waals surface area contributed by atoms with E-state index in [2.05, 4.69) is 64.6 Å². The van der Waals surface area contributed by atoms with E-state index in [1.807, 2.05) is 25.3 Å². The number of likely N-dealkylation sites (N-methyl/N-ethyl adjacent to an activating group) is 1. The molecule has 0 amide bonds. The highest BCUT2D eigenvalue weighted by Gasteiger charge is 2.28. The molecule has 1 saturated heterocycles. The number of hydrogen-bond donors (Lipinski definition) is 0. The molecule has 2 aliphatic rings. The third-order valence-corrected chi connectivity index (χ3v) is 5.40. The number of benzene rings is 1. The molecule has 1 aromatic heterocycles. The van der Waals surface area contributed by atoms with Gasteiger partial charge in [0.1, 0.15) is 6.10 Å². The number of nitrogens with zero attached hydrogens (tertiary/aromatic N) is 5. The molecule has 3 heterocycles. The third kappa shape index (κ3) is 4.45. The van der Waals surface area contributed by atoms with Gasteiger partial charge in [0.05, 0.1) is 18.8 Å². The summed E-state index contributed by atoms with van der Waals surface area (Å²) in [4.78, 5) is 15.6. The van der Waals surface area contributed by atoms with Crippen LogP contribution < -0.4 is 0 Å². The molecule has 156 valence electrons. The molecular formula is C24H29N5O. The molecule has 1 fully saturated rings. The Morgan fingerprint density at radius 1 is 1.20 bits per heavy atom. The van der Waals surface area contributed by atoms with Crippen LogP contribution >= 0.6 is 0 Å². The molecule has 1 aromatic carbocycles. The highest BCUT2D eigenvalue weighted by molar-refractivity contribution is 5.91. The summed E-state index contributed by atoms with van der Waals surface area (Å²) < 4.78 is 6.14. The Labute approximate surface area is 178 Å². The van der Waals surface area contributed by atoms with E-state index in [1.165, 1.54) is 11.1 Å². The maximum absolute atomic E-state index is 6.14. The normalized spacial score (nSPS) is 19.7. The van der Waals surface area contributed by atoms with Gasteiger partial charge in [0.15, 0.2) is 0 Å². The standard InChI is InChI=1S/C24H29N5O/c1-18-14-22(20-8-10-25-11-9-20)26-24(28(18)4)29-12-13-30-23(17-29)21-7-5-6-19(15-21)16-27(2)3/h5-11,14-15,23H,1,12-13,16-17H2,2-4H3. The van der Waals surface area contributed by atoms with Gasteiger partial charge in [-0.1, -0.05) is 30.8 Å². The average molecular weight is 404 g/mol. The molecule has 6 heteroatoms. The minimum absolute atomic E-state index is 0.0144. The summed E-state index contributed by atoms with van der Waals surface area (Å²) in [6.07, 6.45) is 5.61. The summed E-state index contributed by atoms with van der Waals surface area (Å²) in [5.74, 6) is 0.909. The Morgan fingerprint density at radius 3 is 2.77 bits per heavy atom. The third-order valence-electron chi connectivity index (χ3n) is 5.40. The monoisotopic (exact) mass is 403 g/mol. The van der Waals surface area contributed by atoms with Crippen LogP contribution in [0.4, 0.5) is 0 Å². The van der Waals surface area contributed by atoms with Crippen molar-refractivity contribution in [1.29, 1.82) is 0 Å². The zero-order valence-electron chi connectivity index (χ0n) is 18.0. The van der Waals surface area contributed by atoms with Crippen LogP contribution in [-0.4, -0.2) is 66.5 Å². The summed E-state index contributed by atoms with van der Waals surface area (Å²) in [5.41, 5.74) is 5.37. The molecule has 1 atom stereocenters. The van der Waals surface area contributed by atoms with E-state index in [0.717, 1.165) is 42.6 Å². The fourth-order valence-electron chi connectivity index (χ4n) is 3.84. The summed E-state index contributed by atoms with van der Waals surface area (Å²) in [7, 11) is 6.19. The first-order valence-corrected chi connectivity index (χ1v) is 10.2. The SMILES string of the molecule is C=C1C=C(c2ccncc2)N=C(N2CCOC(c3cccc(CN(C)C)c3)C2)N1C. The van der Waals surface area contributed by atoms with Crippen molar-refractivity contribution >= 4 is 11.7 Å². The molecule has 30 heavy (non-hydrogen) atoms. The molecule has 1 unspecified atom stereocenters. The van der Waals surface area contributed by atoms with E-state index in [0.29, 0.717) is 6.61 Å². The van der Waals surface area contributed by atoms with Gasteiger partial charge in [-0.05, 0) is 43.4 Å². The highest BCUT2D eigenvalue weighted by atomic mass is 16.5. The first-order chi connectivity index (χ1) is 14.5. The summed E-state index contributed by atoms with van der Waals surface area (Å²) in [6.45, 7) is 7.36. The van der Waals surface area contributed by atoms with Crippen LogP contribution in [0, 0.1) is 0 Å². The minimum atomic E-state index is 0.0144. The number of aliphatic imine (C=N–C) groups is 1. The van der Waals surface area contributed by atoms with Gasteiger partial charge < -0.3 is 19.4 Å². The second-order valence-electron chi connectivity index (χ2n) is 8.02. The van der Waals surface area contributed by atoms with Crippen molar-refractivity contribution in [1.82, 2.24) is 19.7 Å². The van der Waals surface area contributed by atoms with Crippen molar-refractivity contribution in [2.45, 2.75) is 12.6 Å². The predicted molar refractivity (Wildman–Crippen MR) is 121 cm³/mol. The van der Waals surface area contributed by atoms with E-state index in [9.17, 15) is 0 Å². The average Bonchev–Trinajstić information content (AvgIpc) is 2.76. The molecule has 0 spiro atoms. The van der Waals surface area contributed by atoms with Crippen LogP contribution in [0.2, 0.25) is 0 Å². The Kier molecular flexibility index (Phi) is 5.97. The molecule has 4 rings (SSSR count). The first-order valence-electron chi connectivity index (χ1n) is 10.2. The van der Waals surface area contributed by atoms with Crippen LogP contribution in [0.5, 0.6) is 0 Å². The fourth-order valence-corrected chi connectivity index (χ4v) is 3.84. The van der Waals surface area contributed by atoms with Crippen LogP contribution in [0.15, 0.2) is 72.1 Å².